The molecule has 0 fully saturated rings. The van der Waals surface area contributed by atoms with Crippen molar-refractivity contribution < 1.29 is 19.2 Å². The molecule has 0 spiro atoms. The first-order valence-corrected chi connectivity index (χ1v) is 6.43. The van der Waals surface area contributed by atoms with Crippen LogP contribution in [0.4, 0.5) is 5.69 Å². The van der Waals surface area contributed by atoms with E-state index in [4.69, 9.17) is 4.74 Å². The Balaban J connectivity index is 2.37. The van der Waals surface area contributed by atoms with Crippen LogP contribution in [0.5, 0.6) is 0 Å². The number of Topliss-reactive ketones (excluding diaryl/α,β-unsaturated/α-hetero) is 1. The van der Waals surface area contributed by atoms with Gasteiger partial charge in [-0.1, -0.05) is 13.3 Å². The van der Waals surface area contributed by atoms with Gasteiger partial charge in [-0.25, -0.2) is 0 Å². The zero-order valence-corrected chi connectivity index (χ0v) is 11.3. The molecule has 0 atom stereocenters. The summed E-state index contributed by atoms with van der Waals surface area (Å²) in [6.07, 6.45) is 1.86. The zero-order valence-electron chi connectivity index (χ0n) is 11.3. The highest BCUT2D eigenvalue weighted by molar-refractivity contribution is 5.95. The standard InChI is InChI=1S/C14H17NO5/c1-2-3-4-13(16)9-14(17)20-10-11-5-7-12(8-6-11)15(18)19/h5-8H,2-4,9-10H2,1H3. The van der Waals surface area contributed by atoms with Crippen LogP contribution in [0.2, 0.25) is 0 Å². The van der Waals surface area contributed by atoms with Gasteiger partial charge in [-0.2, -0.15) is 0 Å². The molecule has 0 aliphatic carbocycles. The molecular weight excluding hydrogens is 262 g/mol. The van der Waals surface area contributed by atoms with Crippen molar-refractivity contribution in [3.05, 3.63) is 39.9 Å². The van der Waals surface area contributed by atoms with Crippen LogP contribution in [0.15, 0.2) is 24.3 Å². The van der Waals surface area contributed by atoms with Crippen LogP contribution >= 0.6 is 0 Å². The van der Waals surface area contributed by atoms with Gasteiger partial charge < -0.3 is 4.74 Å². The van der Waals surface area contributed by atoms with Crippen LogP contribution in [-0.2, 0) is 20.9 Å². The van der Waals surface area contributed by atoms with E-state index in [-0.39, 0.29) is 24.5 Å². The average molecular weight is 279 g/mol. The van der Waals surface area contributed by atoms with Crippen LogP contribution in [0.1, 0.15) is 38.2 Å². The Morgan fingerprint density at radius 1 is 1.25 bits per heavy atom. The van der Waals surface area contributed by atoms with Crippen molar-refractivity contribution in [2.75, 3.05) is 0 Å². The van der Waals surface area contributed by atoms with Gasteiger partial charge in [0.2, 0.25) is 0 Å². The van der Waals surface area contributed by atoms with Gasteiger partial charge >= 0.3 is 5.97 Å². The minimum Gasteiger partial charge on any atom is -0.460 e. The van der Waals surface area contributed by atoms with Gasteiger partial charge in [0.1, 0.15) is 18.8 Å². The fourth-order valence-electron chi connectivity index (χ4n) is 1.55. The number of hydrogen-bond donors (Lipinski definition) is 0. The second-order valence-corrected chi connectivity index (χ2v) is 4.40. The molecule has 6 heteroatoms. The first-order valence-electron chi connectivity index (χ1n) is 6.43. The second-order valence-electron chi connectivity index (χ2n) is 4.40. The van der Waals surface area contributed by atoms with Gasteiger partial charge in [0.05, 0.1) is 4.92 Å². The smallest absolute Gasteiger partial charge is 0.313 e. The maximum atomic E-state index is 11.4. The van der Waals surface area contributed by atoms with Crippen molar-refractivity contribution in [2.45, 2.75) is 39.2 Å². The lowest BCUT2D eigenvalue weighted by molar-refractivity contribution is -0.384. The Hall–Kier alpha value is -2.24. The van der Waals surface area contributed by atoms with Crippen LogP contribution in [0, 0.1) is 10.1 Å². The highest BCUT2D eigenvalue weighted by Gasteiger charge is 2.11. The monoisotopic (exact) mass is 279 g/mol. The number of carbonyl (C=O) groups excluding carboxylic acids is 2. The number of ketones is 1. The molecule has 0 N–H and O–H groups in total. The summed E-state index contributed by atoms with van der Waals surface area (Å²) in [6.45, 7) is 1.98. The third kappa shape index (κ3) is 5.60. The molecule has 0 bridgehead atoms. The molecule has 1 aromatic carbocycles. The van der Waals surface area contributed by atoms with Gasteiger partial charge in [-0.05, 0) is 24.1 Å². The molecular formula is C14H17NO5. The minimum atomic E-state index is -0.565. The number of unbranched alkanes of at least 4 members (excludes halogenated alkanes) is 1. The Kier molecular flexibility index (Phi) is 6.36. The van der Waals surface area contributed by atoms with E-state index in [0.29, 0.717) is 12.0 Å². The summed E-state index contributed by atoms with van der Waals surface area (Å²) in [6, 6.07) is 5.72. The molecule has 1 rings (SSSR count). The summed E-state index contributed by atoms with van der Waals surface area (Å²) in [5, 5.41) is 10.5. The molecule has 0 radical (unpaired) electrons. The number of hydrogen-bond acceptors (Lipinski definition) is 5. The van der Waals surface area contributed by atoms with Crippen LogP contribution in [0.3, 0.4) is 0 Å². The highest BCUT2D eigenvalue weighted by Crippen LogP contribution is 2.12. The first kappa shape index (κ1) is 15.8. The van der Waals surface area contributed by atoms with Crippen molar-refractivity contribution in [1.82, 2.24) is 0 Å². The number of carbonyl (C=O) groups is 2. The Bertz CT molecular complexity index is 481. The zero-order chi connectivity index (χ0) is 15.0. The molecule has 20 heavy (non-hydrogen) atoms. The van der Waals surface area contributed by atoms with Gasteiger partial charge in [-0.15, -0.1) is 0 Å². The third-order valence-electron chi connectivity index (χ3n) is 2.70. The molecule has 0 aliphatic rings. The Morgan fingerprint density at radius 3 is 2.45 bits per heavy atom. The normalized spacial score (nSPS) is 10.1. The summed E-state index contributed by atoms with van der Waals surface area (Å²) >= 11 is 0. The predicted molar refractivity (Wildman–Crippen MR) is 72.0 cm³/mol. The van der Waals surface area contributed by atoms with Crippen molar-refractivity contribution >= 4 is 17.4 Å². The van der Waals surface area contributed by atoms with Crippen LogP contribution in [-0.4, -0.2) is 16.7 Å². The lowest BCUT2D eigenvalue weighted by atomic mass is 10.1. The summed E-state index contributed by atoms with van der Waals surface area (Å²) in [7, 11) is 0. The molecule has 0 aromatic heterocycles. The van der Waals surface area contributed by atoms with E-state index in [1.807, 2.05) is 6.92 Å². The number of rotatable bonds is 8. The lowest BCUT2D eigenvalue weighted by Gasteiger charge is -2.04. The maximum absolute atomic E-state index is 11.4. The molecule has 108 valence electrons. The second kappa shape index (κ2) is 8.04. The number of nitro groups is 1. The molecule has 0 saturated carbocycles. The lowest BCUT2D eigenvalue weighted by Crippen LogP contribution is -2.11. The van der Waals surface area contributed by atoms with Crippen molar-refractivity contribution in [3.8, 4) is 0 Å². The largest absolute Gasteiger partial charge is 0.460 e. The predicted octanol–water partition coefficient (Wildman–Crippen LogP) is 2.79. The van der Waals surface area contributed by atoms with Crippen molar-refractivity contribution in [3.63, 3.8) is 0 Å². The van der Waals surface area contributed by atoms with Gasteiger partial charge in [0.25, 0.3) is 5.69 Å². The van der Waals surface area contributed by atoms with E-state index in [1.54, 1.807) is 0 Å². The number of nitrogens with zero attached hydrogens (tertiary/aromatic N) is 1. The quantitative estimate of drug-likeness (QED) is 0.316. The van der Waals surface area contributed by atoms with Crippen LogP contribution < -0.4 is 0 Å². The number of esters is 1. The molecule has 1 aromatic rings. The number of nitro benzene ring substituents is 1. The van der Waals surface area contributed by atoms with Gasteiger partial charge in [-0.3, -0.25) is 19.7 Å². The highest BCUT2D eigenvalue weighted by atomic mass is 16.6. The van der Waals surface area contributed by atoms with Crippen molar-refractivity contribution in [2.24, 2.45) is 0 Å². The van der Waals surface area contributed by atoms with Gasteiger partial charge in [0, 0.05) is 18.6 Å². The number of ether oxygens (including phenoxy) is 1. The van der Waals surface area contributed by atoms with E-state index in [2.05, 4.69) is 0 Å². The van der Waals surface area contributed by atoms with Crippen LogP contribution in [0.25, 0.3) is 0 Å². The molecule has 6 nitrogen and oxygen atoms in total. The molecule has 0 saturated heterocycles. The number of non-ortho nitro benzene ring substituents is 1. The SMILES string of the molecule is CCCCC(=O)CC(=O)OCc1ccc([N+](=O)[O-])cc1. The Morgan fingerprint density at radius 2 is 1.90 bits per heavy atom. The molecule has 0 heterocycles. The number of benzene rings is 1. The van der Waals surface area contributed by atoms with E-state index in [1.165, 1.54) is 24.3 Å². The summed E-state index contributed by atoms with van der Waals surface area (Å²) in [4.78, 5) is 32.8. The topological polar surface area (TPSA) is 86.5 Å². The summed E-state index contributed by atoms with van der Waals surface area (Å²) in [5.74, 6) is -0.690. The minimum absolute atomic E-state index is 0.0118. The molecule has 0 aliphatic heterocycles. The third-order valence-corrected chi connectivity index (χ3v) is 2.70. The fourth-order valence-corrected chi connectivity index (χ4v) is 1.55. The van der Waals surface area contributed by atoms with E-state index < -0.39 is 10.9 Å². The average Bonchev–Trinajstić information content (AvgIpc) is 2.43. The molecule has 0 amide bonds. The van der Waals surface area contributed by atoms with E-state index in [0.717, 1.165) is 12.8 Å². The van der Waals surface area contributed by atoms with E-state index >= 15 is 0 Å². The fraction of sp³-hybridized carbons (Fsp3) is 0.429. The maximum Gasteiger partial charge on any atom is 0.313 e. The van der Waals surface area contributed by atoms with Crippen molar-refractivity contribution in [1.29, 1.82) is 0 Å². The van der Waals surface area contributed by atoms with E-state index in [9.17, 15) is 19.7 Å². The summed E-state index contributed by atoms with van der Waals surface area (Å²) in [5.41, 5.74) is 0.625. The Labute approximate surface area is 116 Å². The van der Waals surface area contributed by atoms with Gasteiger partial charge in [0.15, 0.2) is 0 Å². The molecule has 0 unspecified atom stereocenters. The first-order chi connectivity index (χ1) is 9.52. The summed E-state index contributed by atoms with van der Waals surface area (Å²) < 4.78 is 4.95.